The maximum Gasteiger partial charge on any atom is 0.164 e. The van der Waals surface area contributed by atoms with Gasteiger partial charge >= 0.3 is 0 Å². The van der Waals surface area contributed by atoms with Gasteiger partial charge in [0.15, 0.2) is 5.78 Å². The third-order valence-corrected chi connectivity index (χ3v) is 4.45. The molecular formula is C16H23NO2. The van der Waals surface area contributed by atoms with E-state index >= 15 is 0 Å². The Morgan fingerprint density at radius 2 is 2.05 bits per heavy atom. The molecule has 3 heteroatoms. The summed E-state index contributed by atoms with van der Waals surface area (Å²) in [6.45, 7) is 4.90. The molecule has 0 aromatic heterocycles. The number of fused-ring (bicyclic) bond motifs is 1. The van der Waals surface area contributed by atoms with Crippen molar-refractivity contribution in [2.45, 2.75) is 58.8 Å². The lowest BCUT2D eigenvalue weighted by atomic mass is 9.63. The van der Waals surface area contributed by atoms with E-state index in [-0.39, 0.29) is 5.78 Å². The van der Waals surface area contributed by atoms with Crippen LogP contribution in [0.2, 0.25) is 0 Å². The zero-order chi connectivity index (χ0) is 13.9. The average Bonchev–Trinajstić information content (AvgIpc) is 2.40. The highest BCUT2D eigenvalue weighted by molar-refractivity contribution is 6.16. The molecule has 104 valence electrons. The van der Waals surface area contributed by atoms with Crippen LogP contribution >= 0.6 is 0 Å². The molecule has 2 rings (SSSR count). The van der Waals surface area contributed by atoms with Gasteiger partial charge in [-0.2, -0.15) is 0 Å². The number of carbonyl (C=O) groups is 2. The quantitative estimate of drug-likeness (QED) is 0.576. The van der Waals surface area contributed by atoms with Crippen molar-refractivity contribution in [1.82, 2.24) is 0 Å². The highest BCUT2D eigenvalue weighted by atomic mass is 16.1. The summed E-state index contributed by atoms with van der Waals surface area (Å²) in [6.07, 6.45) is 7.48. The molecule has 19 heavy (non-hydrogen) atoms. The van der Waals surface area contributed by atoms with Crippen LogP contribution in [0.1, 0.15) is 58.8 Å². The Balaban J connectivity index is 2.30. The summed E-state index contributed by atoms with van der Waals surface area (Å²) < 4.78 is 0. The van der Waals surface area contributed by atoms with E-state index in [1.54, 1.807) is 6.21 Å². The molecule has 0 heterocycles. The van der Waals surface area contributed by atoms with Crippen LogP contribution in [0.15, 0.2) is 16.1 Å². The van der Waals surface area contributed by atoms with Crippen molar-refractivity contribution in [3.63, 3.8) is 0 Å². The topological polar surface area (TPSA) is 46.5 Å². The third-order valence-electron chi connectivity index (χ3n) is 4.45. The van der Waals surface area contributed by atoms with Gasteiger partial charge in [-0.1, -0.05) is 13.3 Å². The van der Waals surface area contributed by atoms with Gasteiger partial charge in [0.05, 0.1) is 0 Å². The fourth-order valence-corrected chi connectivity index (χ4v) is 3.09. The minimum Gasteiger partial charge on any atom is -0.299 e. The van der Waals surface area contributed by atoms with Gasteiger partial charge in [-0.15, -0.1) is 0 Å². The van der Waals surface area contributed by atoms with Gasteiger partial charge in [0.2, 0.25) is 0 Å². The van der Waals surface area contributed by atoms with Crippen molar-refractivity contribution in [3.8, 4) is 0 Å². The molecule has 0 aromatic rings. The molecule has 0 radical (unpaired) electrons. The Labute approximate surface area is 115 Å². The zero-order valence-corrected chi connectivity index (χ0v) is 12.0. The molecular weight excluding hydrogens is 238 g/mol. The molecule has 2 aliphatic carbocycles. The second-order valence-corrected chi connectivity index (χ2v) is 5.81. The Hall–Kier alpha value is -1.25. The van der Waals surface area contributed by atoms with Crippen molar-refractivity contribution < 1.29 is 9.59 Å². The van der Waals surface area contributed by atoms with E-state index in [0.29, 0.717) is 25.0 Å². The van der Waals surface area contributed by atoms with E-state index in [9.17, 15) is 9.59 Å². The molecule has 3 nitrogen and oxygen atoms in total. The minimum atomic E-state index is -0.391. The van der Waals surface area contributed by atoms with E-state index in [1.807, 2.05) is 6.92 Å². The summed E-state index contributed by atoms with van der Waals surface area (Å²) in [6, 6.07) is 0. The number of hydrogen-bond donors (Lipinski definition) is 0. The molecule has 1 atom stereocenters. The SMILES string of the molecule is CCCCN=CC1=C2CCCC(=O)C2(C)CCC1=O. The number of rotatable bonds is 4. The number of allylic oxidation sites excluding steroid dienone is 2. The second kappa shape index (κ2) is 5.81. The molecule has 1 saturated carbocycles. The highest BCUT2D eigenvalue weighted by Crippen LogP contribution is 2.46. The first-order valence-corrected chi connectivity index (χ1v) is 7.39. The predicted molar refractivity (Wildman–Crippen MR) is 76.5 cm³/mol. The summed E-state index contributed by atoms with van der Waals surface area (Å²) in [5.41, 5.74) is 1.40. The number of aliphatic imine (C=N–C) groups is 1. The molecule has 0 N–H and O–H groups in total. The number of unbranched alkanes of at least 4 members (excludes halogenated alkanes) is 1. The van der Waals surface area contributed by atoms with Crippen LogP contribution in [0, 0.1) is 5.41 Å². The van der Waals surface area contributed by atoms with Crippen molar-refractivity contribution >= 4 is 17.8 Å². The molecule has 0 aliphatic heterocycles. The molecule has 2 aliphatic rings. The standard InChI is InChI=1S/C16H23NO2/c1-3-4-10-17-11-12-13-6-5-7-15(19)16(13,2)9-8-14(12)18/h11H,3-10H2,1-2H3. The monoisotopic (exact) mass is 261 g/mol. The first-order chi connectivity index (χ1) is 9.09. The van der Waals surface area contributed by atoms with Gasteiger partial charge in [0.25, 0.3) is 0 Å². The van der Waals surface area contributed by atoms with Gasteiger partial charge in [0, 0.05) is 36.6 Å². The summed E-state index contributed by atoms with van der Waals surface area (Å²) >= 11 is 0. The van der Waals surface area contributed by atoms with Gasteiger partial charge in [-0.25, -0.2) is 0 Å². The largest absolute Gasteiger partial charge is 0.299 e. The van der Waals surface area contributed by atoms with Crippen molar-refractivity contribution in [1.29, 1.82) is 0 Å². The molecule has 1 unspecified atom stereocenters. The summed E-state index contributed by atoms with van der Waals surface area (Å²) in [5, 5.41) is 0. The van der Waals surface area contributed by atoms with E-state index in [0.717, 1.165) is 43.4 Å². The number of ketones is 2. The smallest absolute Gasteiger partial charge is 0.164 e. The first kappa shape index (κ1) is 14.2. The average molecular weight is 261 g/mol. The lowest BCUT2D eigenvalue weighted by Crippen LogP contribution is -2.39. The van der Waals surface area contributed by atoms with Crippen molar-refractivity contribution in [2.24, 2.45) is 10.4 Å². The molecule has 0 amide bonds. The second-order valence-electron chi connectivity index (χ2n) is 5.81. The maximum absolute atomic E-state index is 12.2. The van der Waals surface area contributed by atoms with Gasteiger partial charge in [-0.3, -0.25) is 14.6 Å². The Bertz CT molecular complexity index is 448. The van der Waals surface area contributed by atoms with Crippen molar-refractivity contribution in [2.75, 3.05) is 6.54 Å². The molecule has 0 spiro atoms. The number of nitrogens with zero attached hydrogens (tertiary/aromatic N) is 1. The molecule has 0 bridgehead atoms. The third kappa shape index (κ3) is 2.70. The Kier molecular flexibility index (Phi) is 4.33. The molecule has 0 aromatic carbocycles. The molecule has 1 fully saturated rings. The highest BCUT2D eigenvalue weighted by Gasteiger charge is 2.44. The van der Waals surface area contributed by atoms with E-state index in [2.05, 4.69) is 11.9 Å². The van der Waals surface area contributed by atoms with Crippen LogP contribution in [0.3, 0.4) is 0 Å². The maximum atomic E-state index is 12.2. The van der Waals surface area contributed by atoms with E-state index in [1.165, 1.54) is 0 Å². The van der Waals surface area contributed by atoms with Crippen molar-refractivity contribution in [3.05, 3.63) is 11.1 Å². The lowest BCUT2D eigenvalue weighted by Gasteiger charge is -2.39. The summed E-state index contributed by atoms with van der Waals surface area (Å²) in [7, 11) is 0. The predicted octanol–water partition coefficient (Wildman–Crippen LogP) is 3.28. The van der Waals surface area contributed by atoms with Crippen LogP contribution in [-0.2, 0) is 9.59 Å². The fraction of sp³-hybridized carbons (Fsp3) is 0.688. The normalized spacial score (nSPS) is 28.1. The lowest BCUT2D eigenvalue weighted by molar-refractivity contribution is -0.129. The number of Topliss-reactive ketones (excluding diaryl/α,β-unsaturated/α-hetero) is 2. The first-order valence-electron chi connectivity index (χ1n) is 7.39. The van der Waals surface area contributed by atoms with Gasteiger partial charge < -0.3 is 0 Å². The van der Waals surface area contributed by atoms with Gasteiger partial charge in [0.1, 0.15) is 5.78 Å². The summed E-state index contributed by atoms with van der Waals surface area (Å²) in [4.78, 5) is 28.7. The van der Waals surface area contributed by atoms with E-state index < -0.39 is 5.41 Å². The minimum absolute atomic E-state index is 0.169. The zero-order valence-electron chi connectivity index (χ0n) is 12.0. The van der Waals surface area contributed by atoms with Crippen LogP contribution in [0.4, 0.5) is 0 Å². The van der Waals surface area contributed by atoms with Crippen LogP contribution in [0.25, 0.3) is 0 Å². The number of carbonyl (C=O) groups excluding carboxylic acids is 2. The van der Waals surface area contributed by atoms with Crippen LogP contribution in [-0.4, -0.2) is 24.3 Å². The number of hydrogen-bond acceptors (Lipinski definition) is 3. The molecule has 0 saturated heterocycles. The Morgan fingerprint density at radius 3 is 2.79 bits per heavy atom. The van der Waals surface area contributed by atoms with Crippen LogP contribution in [0.5, 0.6) is 0 Å². The van der Waals surface area contributed by atoms with E-state index in [4.69, 9.17) is 0 Å². The summed E-state index contributed by atoms with van der Waals surface area (Å²) in [5.74, 6) is 0.475. The van der Waals surface area contributed by atoms with Gasteiger partial charge in [-0.05, 0) is 38.2 Å². The van der Waals surface area contributed by atoms with Crippen LogP contribution < -0.4 is 0 Å². The fourth-order valence-electron chi connectivity index (χ4n) is 3.09. The Morgan fingerprint density at radius 1 is 1.26 bits per heavy atom.